The van der Waals surface area contributed by atoms with Gasteiger partial charge in [0.2, 0.25) is 0 Å². The molecule has 0 atom stereocenters. The van der Waals surface area contributed by atoms with E-state index < -0.39 is 23.4 Å². The Bertz CT molecular complexity index is 846. The molecule has 0 aliphatic heterocycles. The molecule has 26 heavy (non-hydrogen) atoms. The number of ether oxygens (including phenoxy) is 2. The van der Waals surface area contributed by atoms with E-state index in [0.29, 0.717) is 11.3 Å². The molecular formula is C18H18N2O6. The van der Waals surface area contributed by atoms with Crippen LogP contribution >= 0.6 is 0 Å². The Balaban J connectivity index is 2.04. The Morgan fingerprint density at radius 1 is 1.12 bits per heavy atom. The topological polar surface area (TPSA) is 108 Å². The maximum Gasteiger partial charge on any atom is 0.338 e. The quantitative estimate of drug-likeness (QED) is 0.483. The summed E-state index contributed by atoms with van der Waals surface area (Å²) in [6, 6.07) is 9.13. The van der Waals surface area contributed by atoms with Gasteiger partial charge in [-0.25, -0.2) is 4.79 Å². The third kappa shape index (κ3) is 4.35. The molecule has 0 bridgehead atoms. The molecular weight excluding hydrogens is 340 g/mol. The van der Waals surface area contributed by atoms with Crippen LogP contribution in [0.25, 0.3) is 0 Å². The number of nitrogens with zero attached hydrogens (tertiary/aromatic N) is 1. The molecule has 0 saturated carbocycles. The number of esters is 1. The fourth-order valence-corrected chi connectivity index (χ4v) is 2.23. The smallest absolute Gasteiger partial charge is 0.338 e. The monoisotopic (exact) mass is 358 g/mol. The number of carbonyl (C=O) groups is 2. The van der Waals surface area contributed by atoms with Crippen LogP contribution in [0.5, 0.6) is 5.75 Å². The molecule has 2 aromatic rings. The van der Waals surface area contributed by atoms with E-state index >= 15 is 0 Å². The molecule has 136 valence electrons. The summed E-state index contributed by atoms with van der Waals surface area (Å²) >= 11 is 0. The number of nitro benzene ring substituents is 1. The summed E-state index contributed by atoms with van der Waals surface area (Å²) in [7, 11) is 1.50. The molecule has 0 aliphatic rings. The van der Waals surface area contributed by atoms with Crippen molar-refractivity contribution in [2.24, 2.45) is 0 Å². The van der Waals surface area contributed by atoms with Crippen molar-refractivity contribution in [3.8, 4) is 5.75 Å². The largest absolute Gasteiger partial charge is 0.497 e. The zero-order valence-electron chi connectivity index (χ0n) is 14.6. The number of methoxy groups -OCH3 is 1. The predicted molar refractivity (Wildman–Crippen MR) is 94.5 cm³/mol. The van der Waals surface area contributed by atoms with E-state index in [0.717, 1.165) is 5.56 Å². The number of anilines is 1. The van der Waals surface area contributed by atoms with E-state index in [4.69, 9.17) is 9.47 Å². The fourth-order valence-electron chi connectivity index (χ4n) is 2.23. The van der Waals surface area contributed by atoms with Crippen molar-refractivity contribution in [1.82, 2.24) is 0 Å². The van der Waals surface area contributed by atoms with Crippen LogP contribution in [-0.2, 0) is 9.53 Å². The SMILES string of the molecule is COc1ccc(C(=O)OCC(=O)Nc2c([N+](=O)[O-])ccc(C)c2C)cc1. The fraction of sp³-hybridized carbons (Fsp3) is 0.222. The van der Waals surface area contributed by atoms with Gasteiger partial charge < -0.3 is 14.8 Å². The van der Waals surface area contributed by atoms with Crippen LogP contribution in [0.15, 0.2) is 36.4 Å². The summed E-state index contributed by atoms with van der Waals surface area (Å²) in [6.45, 7) is 2.88. The molecule has 8 heteroatoms. The van der Waals surface area contributed by atoms with Crippen LogP contribution in [0.4, 0.5) is 11.4 Å². The predicted octanol–water partition coefficient (Wildman–Crippen LogP) is 3.02. The highest BCUT2D eigenvalue weighted by Crippen LogP contribution is 2.30. The minimum atomic E-state index is -0.682. The number of carbonyl (C=O) groups excluding carboxylic acids is 2. The molecule has 0 fully saturated rings. The van der Waals surface area contributed by atoms with Crippen LogP contribution in [0, 0.1) is 24.0 Å². The first-order chi connectivity index (χ1) is 12.3. The summed E-state index contributed by atoms with van der Waals surface area (Å²) in [5, 5.41) is 13.6. The maximum absolute atomic E-state index is 12.1. The lowest BCUT2D eigenvalue weighted by Crippen LogP contribution is -2.22. The Hall–Kier alpha value is -3.42. The van der Waals surface area contributed by atoms with Crippen molar-refractivity contribution in [3.63, 3.8) is 0 Å². The van der Waals surface area contributed by atoms with Gasteiger partial charge in [0.15, 0.2) is 6.61 Å². The first-order valence-corrected chi connectivity index (χ1v) is 7.69. The Labute approximate surface area is 149 Å². The number of benzene rings is 2. The Morgan fingerprint density at radius 3 is 2.35 bits per heavy atom. The number of hydrogen-bond acceptors (Lipinski definition) is 6. The van der Waals surface area contributed by atoms with Gasteiger partial charge in [-0.3, -0.25) is 14.9 Å². The van der Waals surface area contributed by atoms with Crippen molar-refractivity contribution in [2.75, 3.05) is 19.0 Å². The summed E-state index contributed by atoms with van der Waals surface area (Å²) in [4.78, 5) is 34.6. The molecule has 2 rings (SSSR count). The van der Waals surface area contributed by atoms with Crippen molar-refractivity contribution in [2.45, 2.75) is 13.8 Å². The normalized spacial score (nSPS) is 10.1. The summed E-state index contributed by atoms with van der Waals surface area (Å²) < 4.78 is 9.94. The van der Waals surface area contributed by atoms with E-state index in [2.05, 4.69) is 5.32 Å². The molecule has 8 nitrogen and oxygen atoms in total. The van der Waals surface area contributed by atoms with Crippen LogP contribution in [0.1, 0.15) is 21.5 Å². The van der Waals surface area contributed by atoms with Gasteiger partial charge in [-0.05, 0) is 49.2 Å². The number of rotatable bonds is 6. The van der Waals surface area contributed by atoms with Crippen LogP contribution in [0.2, 0.25) is 0 Å². The lowest BCUT2D eigenvalue weighted by Gasteiger charge is -2.11. The van der Waals surface area contributed by atoms with E-state index in [1.807, 2.05) is 0 Å². The minimum absolute atomic E-state index is 0.0977. The van der Waals surface area contributed by atoms with E-state index in [1.54, 1.807) is 32.0 Å². The first kappa shape index (κ1) is 18.9. The highest BCUT2D eigenvalue weighted by Gasteiger charge is 2.20. The van der Waals surface area contributed by atoms with Crippen LogP contribution in [0.3, 0.4) is 0 Å². The average molecular weight is 358 g/mol. The molecule has 0 spiro atoms. The van der Waals surface area contributed by atoms with Gasteiger partial charge >= 0.3 is 5.97 Å². The van der Waals surface area contributed by atoms with Gasteiger partial charge in [0.1, 0.15) is 11.4 Å². The second kappa shape index (κ2) is 8.11. The summed E-state index contributed by atoms with van der Waals surface area (Å²) in [6.07, 6.45) is 0. The van der Waals surface area contributed by atoms with Gasteiger partial charge in [-0.15, -0.1) is 0 Å². The highest BCUT2D eigenvalue weighted by atomic mass is 16.6. The number of nitro groups is 1. The van der Waals surface area contributed by atoms with Gasteiger partial charge in [-0.2, -0.15) is 0 Å². The van der Waals surface area contributed by atoms with Crippen LogP contribution in [-0.4, -0.2) is 30.5 Å². The maximum atomic E-state index is 12.1. The molecule has 1 amide bonds. The molecule has 0 heterocycles. The van der Waals surface area contributed by atoms with Crippen molar-refractivity contribution in [1.29, 1.82) is 0 Å². The lowest BCUT2D eigenvalue weighted by atomic mass is 10.1. The van der Waals surface area contributed by atoms with Gasteiger partial charge in [0.25, 0.3) is 11.6 Å². The molecule has 0 aromatic heterocycles. The van der Waals surface area contributed by atoms with Crippen LogP contribution < -0.4 is 10.1 Å². The van der Waals surface area contributed by atoms with Crippen molar-refractivity contribution >= 4 is 23.3 Å². The third-order valence-corrected chi connectivity index (χ3v) is 3.84. The lowest BCUT2D eigenvalue weighted by molar-refractivity contribution is -0.384. The van der Waals surface area contributed by atoms with Gasteiger partial charge in [0, 0.05) is 6.07 Å². The first-order valence-electron chi connectivity index (χ1n) is 7.69. The standard InChI is InChI=1S/C18H18N2O6/c1-11-4-9-15(20(23)24)17(12(11)2)19-16(21)10-26-18(22)13-5-7-14(25-3)8-6-13/h4-9H,10H2,1-3H3,(H,19,21). The molecule has 0 aliphatic carbocycles. The Kier molecular flexibility index (Phi) is 5.90. The summed E-state index contributed by atoms with van der Waals surface area (Å²) in [5.74, 6) is -0.761. The number of hydrogen-bond donors (Lipinski definition) is 1. The van der Waals surface area contributed by atoms with E-state index in [-0.39, 0.29) is 16.9 Å². The summed E-state index contributed by atoms with van der Waals surface area (Å²) in [5.41, 5.74) is 1.51. The number of nitrogens with one attached hydrogen (secondary N) is 1. The number of amides is 1. The molecule has 0 unspecified atom stereocenters. The van der Waals surface area contributed by atoms with Gasteiger partial charge in [-0.1, -0.05) is 6.07 Å². The molecule has 0 saturated heterocycles. The zero-order chi connectivity index (χ0) is 19.3. The minimum Gasteiger partial charge on any atom is -0.497 e. The Morgan fingerprint density at radius 2 is 1.77 bits per heavy atom. The van der Waals surface area contributed by atoms with E-state index in [9.17, 15) is 19.7 Å². The molecule has 1 N–H and O–H groups in total. The van der Waals surface area contributed by atoms with Crippen molar-refractivity contribution < 1.29 is 24.0 Å². The second-order valence-electron chi connectivity index (χ2n) is 5.51. The number of aryl methyl sites for hydroxylation is 1. The molecule has 2 aromatic carbocycles. The average Bonchev–Trinajstić information content (AvgIpc) is 2.63. The molecule has 0 radical (unpaired) electrons. The third-order valence-electron chi connectivity index (χ3n) is 3.84. The highest BCUT2D eigenvalue weighted by molar-refractivity contribution is 5.97. The van der Waals surface area contributed by atoms with Gasteiger partial charge in [0.05, 0.1) is 17.6 Å². The van der Waals surface area contributed by atoms with E-state index in [1.165, 1.54) is 25.3 Å². The van der Waals surface area contributed by atoms with Crippen molar-refractivity contribution in [3.05, 3.63) is 63.2 Å². The zero-order valence-corrected chi connectivity index (χ0v) is 14.6. The second-order valence-corrected chi connectivity index (χ2v) is 5.51.